The second kappa shape index (κ2) is 8.81. The number of aryl methyl sites for hydroxylation is 1. The Morgan fingerprint density at radius 1 is 1.24 bits per heavy atom. The van der Waals surface area contributed by atoms with Crippen LogP contribution >= 0.6 is 0 Å². The van der Waals surface area contributed by atoms with Crippen molar-refractivity contribution in [1.82, 2.24) is 19.5 Å². The first-order valence-electron chi connectivity index (χ1n) is 7.85. The first kappa shape index (κ1) is 18.4. The minimum atomic E-state index is -0.746. The molecular weight excluding hydrogens is 330 g/mol. The summed E-state index contributed by atoms with van der Waals surface area (Å²) in [4.78, 5) is 34.6. The van der Waals surface area contributed by atoms with E-state index in [0.717, 1.165) is 0 Å². The number of hydrogen-bond acceptors (Lipinski definition) is 9. The van der Waals surface area contributed by atoms with Gasteiger partial charge in [-0.05, 0) is 13.3 Å². The summed E-state index contributed by atoms with van der Waals surface area (Å²) >= 11 is 0. The van der Waals surface area contributed by atoms with E-state index in [-0.39, 0.29) is 31.7 Å². The summed E-state index contributed by atoms with van der Waals surface area (Å²) in [6, 6.07) is 0. The molecule has 0 saturated carbocycles. The fourth-order valence-corrected chi connectivity index (χ4v) is 2.15. The van der Waals surface area contributed by atoms with Gasteiger partial charge in [-0.3, -0.25) is 4.79 Å². The van der Waals surface area contributed by atoms with Crippen molar-refractivity contribution in [1.29, 1.82) is 0 Å². The van der Waals surface area contributed by atoms with Crippen LogP contribution in [0.2, 0.25) is 0 Å². The van der Waals surface area contributed by atoms with E-state index in [1.165, 1.54) is 6.92 Å². The molecule has 0 bridgehead atoms. The Kier molecular flexibility index (Phi) is 6.49. The number of rotatable bonds is 8. The SMILES string of the molecule is CCOC(=O)OCC(CCn1cnc2cnc(N)nc21)COC(C)=O. The fraction of sp³-hybridized carbons (Fsp3) is 0.533. The number of ether oxygens (including phenoxy) is 3. The van der Waals surface area contributed by atoms with Gasteiger partial charge in [-0.2, -0.15) is 4.98 Å². The normalized spacial score (nSPS) is 11.9. The highest BCUT2D eigenvalue weighted by Gasteiger charge is 2.16. The predicted octanol–water partition coefficient (Wildman–Crippen LogP) is 1.15. The molecule has 0 spiro atoms. The number of nitrogens with two attached hydrogens (primary N) is 1. The molecule has 0 amide bonds. The molecule has 2 heterocycles. The molecule has 0 aliphatic rings. The zero-order valence-electron chi connectivity index (χ0n) is 14.2. The van der Waals surface area contributed by atoms with Crippen LogP contribution in [-0.4, -0.2) is 51.5 Å². The molecular formula is C15H21N5O5. The molecule has 0 aliphatic heterocycles. The summed E-state index contributed by atoms with van der Waals surface area (Å²) in [6.45, 7) is 4.00. The minimum Gasteiger partial charge on any atom is -0.465 e. The Labute approximate surface area is 144 Å². The Bertz CT molecular complexity index is 732. The minimum absolute atomic E-state index is 0.0792. The second-order valence-corrected chi connectivity index (χ2v) is 5.33. The Hall–Kier alpha value is -2.91. The van der Waals surface area contributed by atoms with Crippen molar-refractivity contribution >= 4 is 29.2 Å². The standard InChI is InChI=1S/C15H21N5O5/c1-3-23-15(22)25-8-11(7-24-10(2)21)4-5-20-9-18-12-6-17-14(16)19-13(12)20/h6,9,11H,3-5,7-8H2,1-2H3,(H2,16,17,19). The van der Waals surface area contributed by atoms with Gasteiger partial charge in [-0.1, -0.05) is 0 Å². The maximum atomic E-state index is 11.3. The van der Waals surface area contributed by atoms with Crippen LogP contribution in [0.1, 0.15) is 20.3 Å². The molecule has 2 rings (SSSR count). The van der Waals surface area contributed by atoms with E-state index in [1.54, 1.807) is 19.4 Å². The number of fused-ring (bicyclic) bond motifs is 1. The molecule has 0 radical (unpaired) electrons. The van der Waals surface area contributed by atoms with Crippen molar-refractivity contribution in [3.05, 3.63) is 12.5 Å². The van der Waals surface area contributed by atoms with Crippen LogP contribution in [0.3, 0.4) is 0 Å². The van der Waals surface area contributed by atoms with Crippen molar-refractivity contribution in [2.75, 3.05) is 25.6 Å². The third-order valence-corrected chi connectivity index (χ3v) is 3.38. The molecule has 136 valence electrons. The lowest BCUT2D eigenvalue weighted by Crippen LogP contribution is -2.22. The van der Waals surface area contributed by atoms with Crippen LogP contribution in [0.25, 0.3) is 11.2 Å². The molecule has 1 atom stereocenters. The van der Waals surface area contributed by atoms with Gasteiger partial charge in [0.1, 0.15) is 12.1 Å². The lowest BCUT2D eigenvalue weighted by molar-refractivity contribution is -0.142. The van der Waals surface area contributed by atoms with E-state index in [1.807, 2.05) is 4.57 Å². The molecule has 1 unspecified atom stereocenters. The Morgan fingerprint density at radius 3 is 2.72 bits per heavy atom. The number of esters is 1. The average Bonchev–Trinajstić information content (AvgIpc) is 2.96. The van der Waals surface area contributed by atoms with Gasteiger partial charge in [0.05, 0.1) is 25.7 Å². The molecule has 2 aromatic rings. The van der Waals surface area contributed by atoms with Crippen LogP contribution in [0, 0.1) is 5.92 Å². The van der Waals surface area contributed by atoms with Crippen molar-refractivity contribution in [3.8, 4) is 0 Å². The molecule has 10 nitrogen and oxygen atoms in total. The lowest BCUT2D eigenvalue weighted by Gasteiger charge is -2.17. The zero-order chi connectivity index (χ0) is 18.2. The fourth-order valence-electron chi connectivity index (χ4n) is 2.15. The first-order chi connectivity index (χ1) is 12.0. The molecule has 25 heavy (non-hydrogen) atoms. The largest absolute Gasteiger partial charge is 0.508 e. The van der Waals surface area contributed by atoms with Crippen LogP contribution in [0.4, 0.5) is 10.7 Å². The molecule has 2 aromatic heterocycles. The van der Waals surface area contributed by atoms with Crippen LogP contribution in [0.15, 0.2) is 12.5 Å². The summed E-state index contributed by atoms with van der Waals surface area (Å²) in [6.07, 6.45) is 3.01. The van der Waals surface area contributed by atoms with E-state index in [9.17, 15) is 9.59 Å². The van der Waals surface area contributed by atoms with Gasteiger partial charge < -0.3 is 24.5 Å². The van der Waals surface area contributed by atoms with Gasteiger partial charge in [0.2, 0.25) is 5.95 Å². The monoisotopic (exact) mass is 351 g/mol. The van der Waals surface area contributed by atoms with Gasteiger partial charge in [0, 0.05) is 19.4 Å². The van der Waals surface area contributed by atoms with Crippen molar-refractivity contribution < 1.29 is 23.8 Å². The number of imidazole rings is 1. The maximum Gasteiger partial charge on any atom is 0.508 e. The number of carbonyl (C=O) groups is 2. The highest BCUT2D eigenvalue weighted by molar-refractivity contribution is 5.70. The smallest absolute Gasteiger partial charge is 0.465 e. The third-order valence-electron chi connectivity index (χ3n) is 3.38. The topological polar surface area (TPSA) is 131 Å². The molecule has 0 aromatic carbocycles. The number of aromatic nitrogens is 4. The van der Waals surface area contributed by atoms with Gasteiger partial charge in [-0.15, -0.1) is 0 Å². The number of carbonyl (C=O) groups excluding carboxylic acids is 2. The van der Waals surface area contributed by atoms with E-state index in [2.05, 4.69) is 15.0 Å². The molecule has 2 N–H and O–H groups in total. The van der Waals surface area contributed by atoms with E-state index in [4.69, 9.17) is 19.9 Å². The second-order valence-electron chi connectivity index (χ2n) is 5.33. The number of nitrogens with zero attached hydrogens (tertiary/aromatic N) is 4. The highest BCUT2D eigenvalue weighted by atomic mass is 16.7. The molecule has 10 heteroatoms. The van der Waals surface area contributed by atoms with Crippen molar-refractivity contribution in [2.45, 2.75) is 26.8 Å². The molecule has 0 fully saturated rings. The quantitative estimate of drug-likeness (QED) is 0.695. The first-order valence-corrected chi connectivity index (χ1v) is 7.85. The summed E-state index contributed by atoms with van der Waals surface area (Å²) in [7, 11) is 0. The van der Waals surface area contributed by atoms with E-state index < -0.39 is 12.1 Å². The zero-order valence-corrected chi connectivity index (χ0v) is 14.2. The summed E-state index contributed by atoms with van der Waals surface area (Å²) in [5, 5.41) is 0. The van der Waals surface area contributed by atoms with Crippen molar-refractivity contribution in [2.24, 2.45) is 5.92 Å². The number of nitrogen functional groups attached to an aromatic ring is 1. The highest BCUT2D eigenvalue weighted by Crippen LogP contribution is 2.14. The van der Waals surface area contributed by atoms with Crippen LogP contribution in [0.5, 0.6) is 0 Å². The summed E-state index contributed by atoms with van der Waals surface area (Å²) in [5.74, 6) is -0.420. The predicted molar refractivity (Wildman–Crippen MR) is 87.4 cm³/mol. The lowest BCUT2D eigenvalue weighted by atomic mass is 10.1. The van der Waals surface area contributed by atoms with Gasteiger partial charge in [-0.25, -0.2) is 14.8 Å². The summed E-state index contributed by atoms with van der Waals surface area (Å²) < 4.78 is 16.6. The van der Waals surface area contributed by atoms with Gasteiger partial charge in [0.25, 0.3) is 0 Å². The maximum absolute atomic E-state index is 11.3. The average molecular weight is 351 g/mol. The molecule has 0 aliphatic carbocycles. The Morgan fingerprint density at radius 2 is 2.00 bits per heavy atom. The number of anilines is 1. The van der Waals surface area contributed by atoms with Gasteiger partial charge in [0.15, 0.2) is 5.65 Å². The third kappa shape index (κ3) is 5.59. The van der Waals surface area contributed by atoms with E-state index >= 15 is 0 Å². The van der Waals surface area contributed by atoms with Crippen LogP contribution in [-0.2, 0) is 25.5 Å². The summed E-state index contributed by atoms with van der Waals surface area (Å²) in [5.41, 5.74) is 6.85. The molecule has 0 saturated heterocycles. The Balaban J connectivity index is 1.98. The number of hydrogen-bond donors (Lipinski definition) is 1. The van der Waals surface area contributed by atoms with E-state index in [0.29, 0.717) is 24.1 Å². The van der Waals surface area contributed by atoms with Crippen molar-refractivity contribution in [3.63, 3.8) is 0 Å². The van der Waals surface area contributed by atoms with Crippen LogP contribution < -0.4 is 5.73 Å². The van der Waals surface area contributed by atoms with Gasteiger partial charge >= 0.3 is 12.1 Å².